The lowest BCUT2D eigenvalue weighted by atomic mass is 9.96. The highest BCUT2D eigenvalue weighted by molar-refractivity contribution is 5.28. The van der Waals surface area contributed by atoms with Crippen molar-refractivity contribution in [2.75, 3.05) is 13.7 Å². The van der Waals surface area contributed by atoms with Crippen molar-refractivity contribution in [3.8, 4) is 5.75 Å². The fourth-order valence-corrected chi connectivity index (χ4v) is 4.03. The summed E-state index contributed by atoms with van der Waals surface area (Å²) in [5.41, 5.74) is 1.38. The van der Waals surface area contributed by atoms with Crippen molar-refractivity contribution in [1.29, 1.82) is 0 Å². The van der Waals surface area contributed by atoms with Gasteiger partial charge in [-0.2, -0.15) is 0 Å². The molecular weight excluding hydrogens is 260 g/mol. The first-order valence-corrected chi connectivity index (χ1v) is 8.42. The molecule has 2 heterocycles. The number of nitrogens with zero attached hydrogens (tertiary/aromatic N) is 1. The van der Waals surface area contributed by atoms with Crippen LogP contribution in [0, 0.1) is 0 Å². The lowest BCUT2D eigenvalue weighted by Crippen LogP contribution is -2.48. The van der Waals surface area contributed by atoms with Crippen LogP contribution in [0.4, 0.5) is 0 Å². The van der Waals surface area contributed by atoms with Crippen molar-refractivity contribution in [2.24, 2.45) is 0 Å². The van der Waals surface area contributed by atoms with E-state index in [0.717, 1.165) is 30.4 Å². The monoisotopic (exact) mass is 288 g/mol. The van der Waals surface area contributed by atoms with Gasteiger partial charge in [-0.1, -0.05) is 19.1 Å². The lowest BCUT2D eigenvalue weighted by Gasteiger charge is -2.39. The van der Waals surface area contributed by atoms with Crippen LogP contribution < -0.4 is 10.1 Å². The fraction of sp³-hybridized carbons (Fsp3) is 0.667. The summed E-state index contributed by atoms with van der Waals surface area (Å²) < 4.78 is 5.35. The summed E-state index contributed by atoms with van der Waals surface area (Å²) >= 11 is 0. The summed E-state index contributed by atoms with van der Waals surface area (Å²) in [5, 5.41) is 3.73. The Bertz CT molecular complexity index is 448. The summed E-state index contributed by atoms with van der Waals surface area (Å²) in [6.45, 7) is 4.49. The molecule has 2 atom stereocenters. The van der Waals surface area contributed by atoms with Gasteiger partial charge in [0.1, 0.15) is 5.75 Å². The van der Waals surface area contributed by atoms with Gasteiger partial charge in [0, 0.05) is 24.7 Å². The van der Waals surface area contributed by atoms with Crippen molar-refractivity contribution in [3.05, 3.63) is 29.8 Å². The van der Waals surface area contributed by atoms with Gasteiger partial charge in [0.05, 0.1) is 7.11 Å². The van der Waals surface area contributed by atoms with Crippen LogP contribution in [0.15, 0.2) is 24.3 Å². The van der Waals surface area contributed by atoms with Crippen LogP contribution in [0.5, 0.6) is 5.75 Å². The van der Waals surface area contributed by atoms with Crippen LogP contribution in [-0.4, -0.2) is 36.7 Å². The predicted molar refractivity (Wildman–Crippen MR) is 86.7 cm³/mol. The number of benzene rings is 1. The summed E-state index contributed by atoms with van der Waals surface area (Å²) in [7, 11) is 1.74. The number of nitrogens with one attached hydrogen (secondary N) is 1. The van der Waals surface area contributed by atoms with E-state index in [1.807, 2.05) is 6.07 Å². The van der Waals surface area contributed by atoms with E-state index in [4.69, 9.17) is 4.74 Å². The molecule has 2 fully saturated rings. The van der Waals surface area contributed by atoms with Crippen molar-refractivity contribution < 1.29 is 4.74 Å². The Morgan fingerprint density at radius 3 is 2.67 bits per heavy atom. The van der Waals surface area contributed by atoms with Gasteiger partial charge >= 0.3 is 0 Å². The minimum atomic E-state index is 0.740. The molecule has 2 saturated heterocycles. The molecule has 0 amide bonds. The van der Waals surface area contributed by atoms with Gasteiger partial charge in [-0.05, 0) is 56.3 Å². The minimum Gasteiger partial charge on any atom is -0.497 e. The molecular formula is C18H28N2O. The largest absolute Gasteiger partial charge is 0.497 e. The minimum absolute atomic E-state index is 0.740. The quantitative estimate of drug-likeness (QED) is 0.870. The van der Waals surface area contributed by atoms with Crippen LogP contribution in [-0.2, 0) is 6.54 Å². The highest BCUT2D eigenvalue weighted by atomic mass is 16.5. The summed E-state index contributed by atoms with van der Waals surface area (Å²) in [6.07, 6.45) is 6.62. The number of piperidine rings is 1. The number of hydrogen-bond acceptors (Lipinski definition) is 3. The van der Waals surface area contributed by atoms with Crippen molar-refractivity contribution in [1.82, 2.24) is 10.2 Å². The molecule has 0 saturated carbocycles. The lowest BCUT2D eigenvalue weighted by molar-refractivity contribution is 0.109. The highest BCUT2D eigenvalue weighted by Crippen LogP contribution is 2.37. The second-order valence-corrected chi connectivity index (χ2v) is 6.53. The standard InChI is InChI=1S/C18H28N2O/c1-3-9-19-15-11-16-7-8-17(12-15)20(16)13-14-5-4-6-18(10-14)21-2/h4-6,10,15-17,19H,3,7-9,11-13H2,1-2H3. The topological polar surface area (TPSA) is 24.5 Å². The van der Waals surface area contributed by atoms with E-state index in [2.05, 4.69) is 35.3 Å². The molecule has 3 heteroatoms. The van der Waals surface area contributed by atoms with Gasteiger partial charge < -0.3 is 10.1 Å². The van der Waals surface area contributed by atoms with E-state index in [1.54, 1.807) is 7.11 Å². The highest BCUT2D eigenvalue weighted by Gasteiger charge is 2.40. The van der Waals surface area contributed by atoms with Gasteiger partial charge in [-0.3, -0.25) is 4.90 Å². The molecule has 0 aromatic heterocycles. The Hall–Kier alpha value is -1.06. The molecule has 1 aromatic carbocycles. The maximum atomic E-state index is 5.35. The van der Waals surface area contributed by atoms with Crippen LogP contribution in [0.1, 0.15) is 44.6 Å². The van der Waals surface area contributed by atoms with Crippen LogP contribution in [0.3, 0.4) is 0 Å². The molecule has 2 unspecified atom stereocenters. The molecule has 1 N–H and O–H groups in total. The molecule has 0 aliphatic carbocycles. The molecule has 2 bridgehead atoms. The van der Waals surface area contributed by atoms with Crippen LogP contribution in [0.2, 0.25) is 0 Å². The van der Waals surface area contributed by atoms with E-state index < -0.39 is 0 Å². The maximum absolute atomic E-state index is 5.35. The van der Waals surface area contributed by atoms with Crippen molar-refractivity contribution >= 4 is 0 Å². The average Bonchev–Trinajstić information content (AvgIpc) is 2.75. The number of rotatable bonds is 6. The Labute approximate surface area is 128 Å². The normalized spacial score (nSPS) is 28.8. The molecule has 0 spiro atoms. The third kappa shape index (κ3) is 3.41. The van der Waals surface area contributed by atoms with Gasteiger partial charge in [-0.25, -0.2) is 0 Å². The van der Waals surface area contributed by atoms with Crippen molar-refractivity contribution in [2.45, 2.75) is 63.7 Å². The molecule has 3 rings (SSSR count). The molecule has 2 aliphatic rings. The molecule has 0 radical (unpaired) electrons. The van der Waals surface area contributed by atoms with Crippen molar-refractivity contribution in [3.63, 3.8) is 0 Å². The number of ether oxygens (including phenoxy) is 1. The third-order valence-electron chi connectivity index (χ3n) is 5.07. The Balaban J connectivity index is 1.62. The number of methoxy groups -OCH3 is 1. The molecule has 21 heavy (non-hydrogen) atoms. The van der Waals surface area contributed by atoms with E-state index in [1.165, 1.54) is 44.2 Å². The van der Waals surface area contributed by atoms with Gasteiger partial charge in [0.25, 0.3) is 0 Å². The first-order valence-electron chi connectivity index (χ1n) is 8.42. The summed E-state index contributed by atoms with van der Waals surface area (Å²) in [5.74, 6) is 0.972. The first-order chi connectivity index (χ1) is 10.3. The Morgan fingerprint density at radius 2 is 2.00 bits per heavy atom. The summed E-state index contributed by atoms with van der Waals surface area (Å²) in [4.78, 5) is 2.74. The zero-order valence-electron chi connectivity index (χ0n) is 13.3. The third-order valence-corrected chi connectivity index (χ3v) is 5.07. The fourth-order valence-electron chi connectivity index (χ4n) is 4.03. The van der Waals surface area contributed by atoms with Gasteiger partial charge in [0.15, 0.2) is 0 Å². The van der Waals surface area contributed by atoms with Gasteiger partial charge in [-0.15, -0.1) is 0 Å². The number of fused-ring (bicyclic) bond motifs is 2. The molecule has 116 valence electrons. The molecule has 1 aromatic rings. The van der Waals surface area contributed by atoms with E-state index in [9.17, 15) is 0 Å². The zero-order valence-corrected chi connectivity index (χ0v) is 13.3. The first kappa shape index (κ1) is 14.9. The average molecular weight is 288 g/mol. The SMILES string of the molecule is CCCNC1CC2CCC(C1)N2Cc1cccc(OC)c1. The van der Waals surface area contributed by atoms with E-state index in [0.29, 0.717) is 0 Å². The van der Waals surface area contributed by atoms with E-state index >= 15 is 0 Å². The van der Waals surface area contributed by atoms with E-state index in [-0.39, 0.29) is 0 Å². The number of hydrogen-bond donors (Lipinski definition) is 1. The van der Waals surface area contributed by atoms with Crippen LogP contribution in [0.25, 0.3) is 0 Å². The predicted octanol–water partition coefficient (Wildman–Crippen LogP) is 3.19. The Morgan fingerprint density at radius 1 is 1.24 bits per heavy atom. The molecule has 2 aliphatic heterocycles. The zero-order chi connectivity index (χ0) is 14.7. The Kier molecular flexibility index (Phi) is 4.81. The maximum Gasteiger partial charge on any atom is 0.119 e. The smallest absolute Gasteiger partial charge is 0.119 e. The van der Waals surface area contributed by atoms with Crippen LogP contribution >= 0.6 is 0 Å². The molecule has 3 nitrogen and oxygen atoms in total. The second-order valence-electron chi connectivity index (χ2n) is 6.53. The summed E-state index contributed by atoms with van der Waals surface area (Å²) in [6, 6.07) is 10.8. The second kappa shape index (κ2) is 6.80. The van der Waals surface area contributed by atoms with Gasteiger partial charge in [0.2, 0.25) is 0 Å².